The van der Waals surface area contributed by atoms with Crippen LogP contribution in [0.5, 0.6) is 11.8 Å². The fourth-order valence-electron chi connectivity index (χ4n) is 6.62. The number of anilines is 1. The molecule has 1 aromatic heterocycles. The Labute approximate surface area is 268 Å². The molecule has 0 spiro atoms. The van der Waals surface area contributed by atoms with Gasteiger partial charge in [0.1, 0.15) is 18.2 Å². The molecule has 3 aromatic rings. The molecule has 12 heteroatoms. The van der Waals surface area contributed by atoms with Gasteiger partial charge in [-0.2, -0.15) is 15.2 Å². The number of piperazine rings is 1. The summed E-state index contributed by atoms with van der Waals surface area (Å²) < 4.78 is 17.0. The third-order valence-corrected chi connectivity index (χ3v) is 9.08. The summed E-state index contributed by atoms with van der Waals surface area (Å²) in [6, 6.07) is 13.8. The molecule has 2 unspecified atom stereocenters. The largest absolute Gasteiger partial charge is 0.468 e. The maximum atomic E-state index is 14.2. The number of fused-ring (bicyclic) bond motifs is 2. The van der Waals surface area contributed by atoms with Crippen LogP contribution in [0.3, 0.4) is 0 Å². The lowest BCUT2D eigenvalue weighted by Gasteiger charge is -2.41. The van der Waals surface area contributed by atoms with Gasteiger partial charge in [-0.05, 0) is 55.4 Å². The smallest absolute Gasteiger partial charge is 0.318 e. The number of rotatable bonds is 10. The summed E-state index contributed by atoms with van der Waals surface area (Å²) in [5.74, 6) is 0.870. The van der Waals surface area contributed by atoms with E-state index in [-0.39, 0.29) is 49.7 Å². The summed E-state index contributed by atoms with van der Waals surface area (Å²) in [4.78, 5) is 44.3. The van der Waals surface area contributed by atoms with Crippen LogP contribution >= 0.6 is 0 Å². The highest BCUT2D eigenvalue weighted by molar-refractivity contribution is 6.08. The summed E-state index contributed by atoms with van der Waals surface area (Å²) in [7, 11) is 3.65. The van der Waals surface area contributed by atoms with Crippen LogP contribution in [-0.4, -0.2) is 102 Å². The second-order valence-corrected chi connectivity index (χ2v) is 11.9. The average molecular weight is 626 g/mol. The molecular formula is C34H39N7O5. The Balaban J connectivity index is 1.32. The van der Waals surface area contributed by atoms with Crippen molar-refractivity contribution in [2.75, 3.05) is 58.6 Å². The van der Waals surface area contributed by atoms with E-state index < -0.39 is 0 Å². The molecular weight excluding hydrogens is 586 g/mol. The number of carbonyl (C=O) groups is 2. The minimum absolute atomic E-state index is 0.0674. The normalized spacial score (nSPS) is 19.6. The molecule has 0 saturated carbocycles. The summed E-state index contributed by atoms with van der Waals surface area (Å²) in [6.45, 7) is 7.14. The van der Waals surface area contributed by atoms with Gasteiger partial charge in [0.25, 0.3) is 5.91 Å². The molecule has 240 valence electrons. The number of nitrogens with zero attached hydrogens (tertiary/aromatic N) is 7. The first-order valence-corrected chi connectivity index (χ1v) is 15.6. The molecule has 4 heterocycles. The summed E-state index contributed by atoms with van der Waals surface area (Å²) >= 11 is 0. The van der Waals surface area contributed by atoms with Crippen LogP contribution in [0.2, 0.25) is 0 Å². The van der Waals surface area contributed by atoms with E-state index in [1.165, 1.54) is 6.08 Å². The van der Waals surface area contributed by atoms with Gasteiger partial charge >= 0.3 is 6.01 Å². The predicted molar refractivity (Wildman–Crippen MR) is 171 cm³/mol. The van der Waals surface area contributed by atoms with Crippen molar-refractivity contribution in [1.29, 1.82) is 5.26 Å². The molecule has 2 amide bonds. The lowest BCUT2D eigenvalue weighted by atomic mass is 10.0. The zero-order chi connectivity index (χ0) is 32.2. The first kappa shape index (κ1) is 31.3. The van der Waals surface area contributed by atoms with Crippen LogP contribution in [0.15, 0.2) is 49.1 Å². The number of carbonyl (C=O) groups excluding carboxylic acids is 2. The van der Waals surface area contributed by atoms with Gasteiger partial charge in [0.2, 0.25) is 5.91 Å². The Morgan fingerprint density at radius 1 is 1.11 bits per heavy atom. The van der Waals surface area contributed by atoms with Gasteiger partial charge < -0.3 is 33.8 Å². The maximum Gasteiger partial charge on any atom is 0.318 e. The van der Waals surface area contributed by atoms with E-state index in [1.54, 1.807) is 23.0 Å². The van der Waals surface area contributed by atoms with E-state index >= 15 is 0 Å². The molecule has 0 bridgehead atoms. The summed E-state index contributed by atoms with van der Waals surface area (Å²) in [5.41, 5.74) is 2.09. The highest BCUT2D eigenvalue weighted by Crippen LogP contribution is 2.35. The van der Waals surface area contributed by atoms with Crippen LogP contribution < -0.4 is 14.4 Å². The van der Waals surface area contributed by atoms with E-state index in [1.807, 2.05) is 30.3 Å². The van der Waals surface area contributed by atoms with Crippen LogP contribution in [0, 0.1) is 11.3 Å². The highest BCUT2D eigenvalue weighted by Gasteiger charge is 2.36. The number of nitriles is 1. The van der Waals surface area contributed by atoms with Crippen molar-refractivity contribution in [2.24, 2.45) is 0 Å². The van der Waals surface area contributed by atoms with Gasteiger partial charge in [0, 0.05) is 38.3 Å². The van der Waals surface area contributed by atoms with Crippen molar-refractivity contribution in [3.63, 3.8) is 0 Å². The van der Waals surface area contributed by atoms with E-state index in [9.17, 15) is 14.9 Å². The number of benzene rings is 2. The number of methoxy groups -OCH3 is 1. The van der Waals surface area contributed by atoms with E-state index in [4.69, 9.17) is 24.2 Å². The second kappa shape index (κ2) is 13.7. The number of aromatic nitrogens is 2. The molecule has 6 rings (SSSR count). The molecule has 0 N–H and O–H groups in total. The summed E-state index contributed by atoms with van der Waals surface area (Å²) in [6.07, 6.45) is 3.64. The number of hydrogen-bond donors (Lipinski definition) is 0. The molecule has 3 aliphatic heterocycles. The molecule has 2 atom stereocenters. The van der Waals surface area contributed by atoms with Gasteiger partial charge in [-0.15, -0.1) is 0 Å². The highest BCUT2D eigenvalue weighted by atomic mass is 16.7. The van der Waals surface area contributed by atoms with Gasteiger partial charge in [0.15, 0.2) is 6.79 Å². The predicted octanol–water partition coefficient (Wildman–Crippen LogP) is 3.36. The second-order valence-electron chi connectivity index (χ2n) is 11.9. The third kappa shape index (κ3) is 6.34. The molecule has 0 radical (unpaired) electrons. The number of amides is 2. The zero-order valence-corrected chi connectivity index (χ0v) is 26.4. The van der Waals surface area contributed by atoms with Crippen molar-refractivity contribution in [3.05, 3.63) is 65.9 Å². The molecule has 2 fully saturated rings. The van der Waals surface area contributed by atoms with Crippen molar-refractivity contribution < 1.29 is 23.8 Å². The topological polar surface area (TPSA) is 124 Å². The van der Waals surface area contributed by atoms with E-state index in [0.717, 1.165) is 41.4 Å². The number of hydrogen-bond acceptors (Lipinski definition) is 10. The van der Waals surface area contributed by atoms with E-state index in [0.29, 0.717) is 49.9 Å². The first-order valence-electron chi connectivity index (χ1n) is 15.6. The van der Waals surface area contributed by atoms with Crippen molar-refractivity contribution in [1.82, 2.24) is 24.7 Å². The molecule has 2 aromatic carbocycles. The average Bonchev–Trinajstić information content (AvgIpc) is 3.70. The quantitative estimate of drug-likeness (QED) is 0.245. The van der Waals surface area contributed by atoms with Crippen molar-refractivity contribution in [3.8, 4) is 17.8 Å². The van der Waals surface area contributed by atoms with Crippen LogP contribution in [0.4, 0.5) is 5.82 Å². The Bertz CT molecular complexity index is 1670. The van der Waals surface area contributed by atoms with Crippen LogP contribution in [-0.2, 0) is 22.6 Å². The number of ether oxygens (including phenoxy) is 3. The number of likely N-dealkylation sites (N-methyl/N-ethyl adjacent to an activating group) is 1. The minimum atomic E-state index is -0.327. The molecule has 3 aliphatic rings. The fraction of sp³-hybridized carbons (Fsp3) is 0.441. The fourth-order valence-corrected chi connectivity index (χ4v) is 6.62. The Hall–Kier alpha value is -4.73. The van der Waals surface area contributed by atoms with Crippen LogP contribution in [0.1, 0.15) is 40.9 Å². The van der Waals surface area contributed by atoms with E-state index in [2.05, 4.69) is 29.5 Å². The lowest BCUT2D eigenvalue weighted by molar-refractivity contribution is -0.128. The molecule has 2 saturated heterocycles. The van der Waals surface area contributed by atoms with Crippen molar-refractivity contribution in [2.45, 2.75) is 44.4 Å². The Morgan fingerprint density at radius 3 is 2.72 bits per heavy atom. The van der Waals surface area contributed by atoms with Crippen LogP contribution in [0.25, 0.3) is 10.8 Å². The lowest BCUT2D eigenvalue weighted by Crippen LogP contribution is -2.55. The van der Waals surface area contributed by atoms with Gasteiger partial charge in [-0.3, -0.25) is 9.59 Å². The van der Waals surface area contributed by atoms with Gasteiger partial charge in [0.05, 0.1) is 42.9 Å². The standard InChI is InChI=1S/C34H39N7O5/c1-4-31(42)41-15-14-39(18-24(41)11-12-35)32-29-19-40(20-30(29)36-34(37-32)45-21-25-9-7-13-38(25)2)33(43)28-17-26(46-22-44-3)16-23-8-5-6-10-27(23)28/h4-6,8,10,16-17,24-25H,1,7,9,11,13-15,18-22H2,2-3H3. The Kier molecular flexibility index (Phi) is 9.33. The maximum absolute atomic E-state index is 14.2. The SMILES string of the molecule is C=CC(=O)N1CCN(c2nc(OCC3CCCN3C)nc3c2CN(C(=O)c2cc(OCOC)cc4ccccc24)C3)CC1CC#N. The zero-order valence-electron chi connectivity index (χ0n) is 26.4. The van der Waals surface area contributed by atoms with Gasteiger partial charge in [-0.1, -0.05) is 30.8 Å². The Morgan fingerprint density at radius 2 is 1.96 bits per heavy atom. The molecule has 12 nitrogen and oxygen atoms in total. The third-order valence-electron chi connectivity index (χ3n) is 9.08. The molecule has 0 aliphatic carbocycles. The minimum Gasteiger partial charge on any atom is -0.468 e. The van der Waals surface area contributed by atoms with Crippen molar-refractivity contribution >= 4 is 28.4 Å². The summed E-state index contributed by atoms with van der Waals surface area (Å²) in [5, 5.41) is 11.3. The van der Waals surface area contributed by atoms with Gasteiger partial charge in [-0.25, -0.2) is 0 Å². The molecule has 46 heavy (non-hydrogen) atoms. The first-order chi connectivity index (χ1) is 22.4. The number of likely N-dealkylation sites (tertiary alicyclic amines) is 1. The monoisotopic (exact) mass is 625 g/mol.